The second-order valence-electron chi connectivity index (χ2n) is 6.72. The maximum Gasteiger partial charge on any atom is 0.344 e. The van der Waals surface area contributed by atoms with E-state index in [1.54, 1.807) is 6.08 Å². The van der Waals surface area contributed by atoms with Gasteiger partial charge in [0.15, 0.2) is 12.2 Å². The number of ether oxygens (including phenoxy) is 3. The number of carbonyl (C=O) groups excluding carboxylic acids is 2. The molecule has 4 aliphatic rings. The Morgan fingerprint density at radius 3 is 2.71 bits per heavy atom. The van der Waals surface area contributed by atoms with Gasteiger partial charge < -0.3 is 14.2 Å². The van der Waals surface area contributed by atoms with Crippen molar-refractivity contribution >= 4 is 11.9 Å². The van der Waals surface area contributed by atoms with Crippen LogP contribution in [0.4, 0.5) is 0 Å². The van der Waals surface area contributed by atoms with Gasteiger partial charge in [0.2, 0.25) is 0 Å². The van der Waals surface area contributed by atoms with Crippen LogP contribution in [-0.4, -0.2) is 36.4 Å². The molecule has 114 valence electrons. The molecule has 2 heterocycles. The predicted molar refractivity (Wildman–Crippen MR) is 72.3 cm³/mol. The predicted octanol–water partition coefficient (Wildman–Crippen LogP) is 1.75. The highest BCUT2D eigenvalue weighted by Gasteiger charge is 2.49. The van der Waals surface area contributed by atoms with Gasteiger partial charge in [-0.1, -0.05) is 6.08 Å². The molecule has 2 saturated carbocycles. The molecule has 4 bridgehead atoms. The molecule has 4 rings (SSSR count). The van der Waals surface area contributed by atoms with Crippen LogP contribution in [0.3, 0.4) is 0 Å². The number of fused-ring (bicyclic) bond motifs is 4. The van der Waals surface area contributed by atoms with Crippen molar-refractivity contribution in [3.63, 3.8) is 0 Å². The molecule has 0 spiro atoms. The average molecular weight is 292 g/mol. The van der Waals surface area contributed by atoms with E-state index in [4.69, 9.17) is 14.2 Å². The number of carbonyl (C=O) groups is 2. The van der Waals surface area contributed by atoms with Gasteiger partial charge in [-0.05, 0) is 56.4 Å². The molecule has 5 atom stereocenters. The Labute approximate surface area is 123 Å². The van der Waals surface area contributed by atoms with E-state index in [2.05, 4.69) is 0 Å². The zero-order valence-corrected chi connectivity index (χ0v) is 12.0. The van der Waals surface area contributed by atoms with E-state index in [-0.39, 0.29) is 18.8 Å². The van der Waals surface area contributed by atoms with Gasteiger partial charge in [0.1, 0.15) is 6.10 Å². The zero-order chi connectivity index (χ0) is 14.4. The molecule has 5 nitrogen and oxygen atoms in total. The first-order valence-corrected chi connectivity index (χ1v) is 7.88. The SMILES string of the molecule is O=C(COC(=O)C12C=CC(CC1)O2)OC1CC2CCC1C2. The topological polar surface area (TPSA) is 61.8 Å². The molecule has 0 aromatic carbocycles. The lowest BCUT2D eigenvalue weighted by Crippen LogP contribution is -2.37. The summed E-state index contributed by atoms with van der Waals surface area (Å²) < 4.78 is 16.2. The van der Waals surface area contributed by atoms with Gasteiger partial charge in [-0.3, -0.25) is 0 Å². The minimum atomic E-state index is -0.947. The molecule has 1 saturated heterocycles. The van der Waals surface area contributed by atoms with Crippen LogP contribution >= 0.6 is 0 Å². The summed E-state index contributed by atoms with van der Waals surface area (Å²) in [4.78, 5) is 23.9. The summed E-state index contributed by atoms with van der Waals surface area (Å²) >= 11 is 0. The van der Waals surface area contributed by atoms with Crippen LogP contribution in [0.2, 0.25) is 0 Å². The summed E-state index contributed by atoms with van der Waals surface area (Å²) in [6, 6.07) is 0. The van der Waals surface area contributed by atoms with Gasteiger partial charge in [0, 0.05) is 0 Å². The molecular weight excluding hydrogens is 272 g/mol. The minimum Gasteiger partial charge on any atom is -0.460 e. The lowest BCUT2D eigenvalue weighted by atomic mass is 9.95. The Bertz CT molecular complexity index is 499. The molecule has 21 heavy (non-hydrogen) atoms. The average Bonchev–Trinajstić information content (AvgIpc) is 3.24. The van der Waals surface area contributed by atoms with Crippen LogP contribution in [0.25, 0.3) is 0 Å². The Balaban J connectivity index is 1.26. The monoisotopic (exact) mass is 292 g/mol. The van der Waals surface area contributed by atoms with E-state index < -0.39 is 17.5 Å². The standard InChI is InChI=1S/C16H20O5/c17-14(20-13-8-10-1-2-11(13)7-10)9-19-15(18)16-5-3-12(21-16)4-6-16/h3,5,10-13H,1-2,4,6-9H2. The zero-order valence-electron chi connectivity index (χ0n) is 12.0. The second kappa shape index (κ2) is 4.83. The molecule has 0 N–H and O–H groups in total. The quantitative estimate of drug-likeness (QED) is 0.583. The number of rotatable bonds is 4. The van der Waals surface area contributed by atoms with Crippen molar-refractivity contribution < 1.29 is 23.8 Å². The van der Waals surface area contributed by atoms with E-state index in [1.165, 1.54) is 12.8 Å². The molecule has 0 amide bonds. The van der Waals surface area contributed by atoms with Crippen LogP contribution in [-0.2, 0) is 23.8 Å². The van der Waals surface area contributed by atoms with Crippen LogP contribution in [0.5, 0.6) is 0 Å². The molecule has 0 aromatic rings. The third-order valence-electron chi connectivity index (χ3n) is 5.36. The van der Waals surface area contributed by atoms with Gasteiger partial charge >= 0.3 is 11.9 Å². The minimum absolute atomic E-state index is 0.0264. The van der Waals surface area contributed by atoms with Crippen LogP contribution in [0, 0.1) is 11.8 Å². The van der Waals surface area contributed by atoms with Gasteiger partial charge in [0.05, 0.1) is 6.10 Å². The number of hydrogen-bond donors (Lipinski definition) is 0. The maximum absolute atomic E-state index is 12.1. The smallest absolute Gasteiger partial charge is 0.344 e. The maximum atomic E-state index is 12.1. The summed E-state index contributed by atoms with van der Waals surface area (Å²) in [5.74, 6) is 0.337. The molecule has 0 radical (unpaired) electrons. The van der Waals surface area contributed by atoms with Crippen LogP contribution < -0.4 is 0 Å². The molecular formula is C16H20O5. The van der Waals surface area contributed by atoms with Crippen LogP contribution in [0.15, 0.2) is 12.2 Å². The van der Waals surface area contributed by atoms with Gasteiger partial charge in [-0.2, -0.15) is 0 Å². The van der Waals surface area contributed by atoms with Crippen molar-refractivity contribution in [1.29, 1.82) is 0 Å². The molecule has 0 aromatic heterocycles. The fraction of sp³-hybridized carbons (Fsp3) is 0.750. The first-order valence-electron chi connectivity index (χ1n) is 7.88. The Kier molecular flexibility index (Phi) is 3.06. The fourth-order valence-corrected chi connectivity index (χ4v) is 4.26. The van der Waals surface area contributed by atoms with Crippen molar-refractivity contribution in [1.82, 2.24) is 0 Å². The van der Waals surface area contributed by atoms with Crippen LogP contribution in [0.1, 0.15) is 38.5 Å². The molecule has 5 heteroatoms. The first kappa shape index (κ1) is 13.3. The molecule has 5 unspecified atom stereocenters. The highest BCUT2D eigenvalue weighted by Crippen LogP contribution is 2.46. The van der Waals surface area contributed by atoms with Gasteiger partial charge in [-0.15, -0.1) is 0 Å². The van der Waals surface area contributed by atoms with E-state index in [0.717, 1.165) is 25.2 Å². The Morgan fingerprint density at radius 2 is 2.14 bits per heavy atom. The van der Waals surface area contributed by atoms with Gasteiger partial charge in [0.25, 0.3) is 0 Å². The first-order chi connectivity index (χ1) is 10.1. The second-order valence-corrected chi connectivity index (χ2v) is 6.72. The van der Waals surface area contributed by atoms with Crippen molar-refractivity contribution in [3.05, 3.63) is 12.2 Å². The van der Waals surface area contributed by atoms with Gasteiger partial charge in [-0.25, -0.2) is 9.59 Å². The highest BCUT2D eigenvalue weighted by molar-refractivity contribution is 5.85. The molecule has 2 aliphatic carbocycles. The summed E-state index contributed by atoms with van der Waals surface area (Å²) in [6.07, 6.45) is 9.75. The lowest BCUT2D eigenvalue weighted by Gasteiger charge is -2.23. The Hall–Kier alpha value is -1.36. The lowest BCUT2D eigenvalue weighted by molar-refractivity contribution is -0.172. The normalized spacial score (nSPS) is 42.5. The number of hydrogen-bond acceptors (Lipinski definition) is 5. The molecule has 3 fully saturated rings. The van der Waals surface area contributed by atoms with Crippen molar-refractivity contribution in [2.75, 3.05) is 6.61 Å². The summed E-state index contributed by atoms with van der Waals surface area (Å²) in [5.41, 5.74) is -0.947. The Morgan fingerprint density at radius 1 is 1.24 bits per heavy atom. The van der Waals surface area contributed by atoms with E-state index in [1.807, 2.05) is 6.08 Å². The summed E-state index contributed by atoms with van der Waals surface area (Å²) in [5, 5.41) is 0. The van der Waals surface area contributed by atoms with E-state index in [0.29, 0.717) is 12.3 Å². The summed E-state index contributed by atoms with van der Waals surface area (Å²) in [7, 11) is 0. The third-order valence-corrected chi connectivity index (χ3v) is 5.36. The summed E-state index contributed by atoms with van der Waals surface area (Å²) in [6.45, 7) is -0.309. The van der Waals surface area contributed by atoms with E-state index in [9.17, 15) is 9.59 Å². The third kappa shape index (κ3) is 2.27. The van der Waals surface area contributed by atoms with Crippen molar-refractivity contribution in [2.45, 2.75) is 56.3 Å². The van der Waals surface area contributed by atoms with E-state index >= 15 is 0 Å². The number of esters is 2. The van der Waals surface area contributed by atoms with Crippen molar-refractivity contribution in [2.24, 2.45) is 11.8 Å². The largest absolute Gasteiger partial charge is 0.460 e. The molecule has 2 aliphatic heterocycles. The fourth-order valence-electron chi connectivity index (χ4n) is 4.26. The van der Waals surface area contributed by atoms with Crippen molar-refractivity contribution in [3.8, 4) is 0 Å². The highest BCUT2D eigenvalue weighted by atomic mass is 16.6.